The van der Waals surface area contributed by atoms with Gasteiger partial charge in [0, 0.05) is 38.9 Å². The first-order valence-corrected chi connectivity index (χ1v) is 12.6. The van der Waals surface area contributed by atoms with Gasteiger partial charge in [0.2, 0.25) is 0 Å². The van der Waals surface area contributed by atoms with Crippen molar-refractivity contribution < 1.29 is 9.72 Å². The van der Waals surface area contributed by atoms with E-state index in [1.165, 1.54) is 34.6 Å². The number of carbonyl (C=O) groups excluding carboxylic acids is 1. The van der Waals surface area contributed by atoms with Crippen molar-refractivity contribution in [3.8, 4) is 0 Å². The Hall–Kier alpha value is -3.22. The molecule has 5 rings (SSSR count). The van der Waals surface area contributed by atoms with Crippen LogP contribution >= 0.6 is 22.9 Å². The topological polar surface area (TPSA) is 63.5 Å². The average Bonchev–Trinajstić information content (AvgIpc) is 3.14. The number of nitro benzene ring substituents is 1. The molecule has 5 nitrogen and oxygen atoms in total. The van der Waals surface area contributed by atoms with E-state index in [0.717, 1.165) is 17.7 Å². The van der Waals surface area contributed by atoms with Gasteiger partial charge in [0.15, 0.2) is 0 Å². The molecule has 1 atom stereocenters. The summed E-state index contributed by atoms with van der Waals surface area (Å²) in [7, 11) is 0. The number of rotatable bonds is 3. The minimum Gasteiger partial charge on any atom is -0.302 e. The second-order valence-corrected chi connectivity index (χ2v) is 11.5. The lowest BCUT2D eigenvalue weighted by atomic mass is 9.65. The summed E-state index contributed by atoms with van der Waals surface area (Å²) in [5.74, 6) is -0.192. The molecule has 1 aliphatic rings. The number of hydrogen-bond acceptors (Lipinski definition) is 4. The monoisotopic (exact) mass is 504 g/mol. The van der Waals surface area contributed by atoms with Gasteiger partial charge in [0.05, 0.1) is 9.95 Å². The third-order valence-corrected chi connectivity index (χ3v) is 8.69. The van der Waals surface area contributed by atoms with E-state index in [-0.39, 0.29) is 17.0 Å². The van der Waals surface area contributed by atoms with Crippen molar-refractivity contribution in [2.24, 2.45) is 0 Å². The number of carbonyl (C=O) groups is 1. The van der Waals surface area contributed by atoms with Crippen LogP contribution in [0, 0.1) is 17.0 Å². The average molecular weight is 505 g/mol. The molecule has 0 aliphatic carbocycles. The molecule has 0 unspecified atom stereocenters. The van der Waals surface area contributed by atoms with Crippen molar-refractivity contribution in [3.63, 3.8) is 0 Å². The minimum absolute atomic E-state index is 0.0214. The minimum atomic E-state index is -0.517. The number of amides is 1. The fourth-order valence-electron chi connectivity index (χ4n) is 5.47. The lowest BCUT2D eigenvalue weighted by Gasteiger charge is -2.51. The van der Waals surface area contributed by atoms with E-state index in [0.29, 0.717) is 20.0 Å². The summed E-state index contributed by atoms with van der Waals surface area (Å²) in [4.78, 5) is 27.1. The van der Waals surface area contributed by atoms with Gasteiger partial charge < -0.3 is 4.90 Å². The summed E-state index contributed by atoms with van der Waals surface area (Å²) in [6.07, 6.45) is 0.722. The third-order valence-electron chi connectivity index (χ3n) is 7.04. The smallest absolute Gasteiger partial charge is 0.270 e. The van der Waals surface area contributed by atoms with Crippen LogP contribution in [0.15, 0.2) is 66.7 Å². The SMILES string of the molecule is Cc1ccc([C@@]2(C)CC(C)(C)N(C(=O)c3sc4cc([N+](=O)[O-])ccc4c3Cl)c3ccccc32)cc1. The number of nitro groups is 1. The number of nitrogens with zero attached hydrogens (tertiary/aromatic N) is 2. The van der Waals surface area contributed by atoms with Gasteiger partial charge in [-0.1, -0.05) is 66.6 Å². The Morgan fingerprint density at radius 1 is 1.06 bits per heavy atom. The molecule has 7 heteroatoms. The number of anilines is 1. The summed E-state index contributed by atoms with van der Waals surface area (Å²) in [5, 5.41) is 12.2. The van der Waals surface area contributed by atoms with Gasteiger partial charge in [0.25, 0.3) is 11.6 Å². The maximum atomic E-state index is 14.1. The first kappa shape index (κ1) is 23.5. The Kier molecular flexibility index (Phi) is 5.49. The number of non-ortho nitro benzene ring substituents is 1. The largest absolute Gasteiger partial charge is 0.302 e. The Balaban J connectivity index is 1.66. The lowest BCUT2D eigenvalue weighted by Crippen LogP contribution is -2.55. The van der Waals surface area contributed by atoms with Crippen molar-refractivity contribution in [1.29, 1.82) is 0 Å². The van der Waals surface area contributed by atoms with Gasteiger partial charge >= 0.3 is 0 Å². The predicted molar refractivity (Wildman–Crippen MR) is 143 cm³/mol. The zero-order valence-electron chi connectivity index (χ0n) is 20.0. The van der Waals surface area contributed by atoms with Gasteiger partial charge in [-0.25, -0.2) is 0 Å². The number of halogens is 1. The van der Waals surface area contributed by atoms with Crippen LogP contribution in [-0.2, 0) is 5.41 Å². The van der Waals surface area contributed by atoms with Crippen LogP contribution in [0.4, 0.5) is 11.4 Å². The molecule has 35 heavy (non-hydrogen) atoms. The molecule has 1 aliphatic heterocycles. The van der Waals surface area contributed by atoms with E-state index in [9.17, 15) is 14.9 Å². The Morgan fingerprint density at radius 3 is 2.43 bits per heavy atom. The Morgan fingerprint density at radius 2 is 1.74 bits per heavy atom. The van der Waals surface area contributed by atoms with Gasteiger partial charge in [-0.3, -0.25) is 14.9 Å². The third kappa shape index (κ3) is 3.72. The van der Waals surface area contributed by atoms with Gasteiger partial charge in [-0.2, -0.15) is 0 Å². The molecule has 1 aromatic heterocycles. The van der Waals surface area contributed by atoms with Crippen LogP contribution in [0.1, 0.15) is 53.6 Å². The second kappa shape index (κ2) is 8.18. The summed E-state index contributed by atoms with van der Waals surface area (Å²) < 4.78 is 0.625. The van der Waals surface area contributed by atoms with Crippen LogP contribution in [0.3, 0.4) is 0 Å². The van der Waals surface area contributed by atoms with Crippen LogP contribution in [0.5, 0.6) is 0 Å². The van der Waals surface area contributed by atoms with Crippen LogP contribution in [0.2, 0.25) is 5.02 Å². The first-order chi connectivity index (χ1) is 16.5. The maximum Gasteiger partial charge on any atom is 0.270 e. The predicted octanol–water partition coefficient (Wildman–Crippen LogP) is 7.91. The molecule has 0 N–H and O–H groups in total. The summed E-state index contributed by atoms with van der Waals surface area (Å²) >= 11 is 7.89. The number of aryl methyl sites for hydroxylation is 1. The van der Waals surface area contributed by atoms with Crippen LogP contribution in [0.25, 0.3) is 10.1 Å². The van der Waals surface area contributed by atoms with Crippen molar-refractivity contribution >= 4 is 50.3 Å². The van der Waals surface area contributed by atoms with E-state index < -0.39 is 10.5 Å². The quantitative estimate of drug-likeness (QED) is 0.210. The molecule has 0 bridgehead atoms. The van der Waals surface area contributed by atoms with Crippen LogP contribution < -0.4 is 4.90 Å². The van der Waals surface area contributed by atoms with Crippen molar-refractivity contribution in [1.82, 2.24) is 0 Å². The molecule has 3 aromatic carbocycles. The molecule has 4 aromatic rings. The molecule has 0 saturated heterocycles. The van der Waals surface area contributed by atoms with Crippen LogP contribution in [-0.4, -0.2) is 16.4 Å². The van der Waals surface area contributed by atoms with E-state index in [2.05, 4.69) is 58.0 Å². The molecule has 0 fully saturated rings. The van der Waals surface area contributed by atoms with Crippen molar-refractivity contribution in [2.75, 3.05) is 4.90 Å². The maximum absolute atomic E-state index is 14.1. The summed E-state index contributed by atoms with van der Waals surface area (Å²) in [6, 6.07) is 21.2. The van der Waals surface area contributed by atoms with Crippen molar-refractivity contribution in [3.05, 3.63) is 103 Å². The van der Waals surface area contributed by atoms with E-state index in [4.69, 9.17) is 11.6 Å². The molecule has 2 heterocycles. The fourth-order valence-corrected chi connectivity index (χ4v) is 6.95. The van der Waals surface area contributed by atoms with E-state index in [1.807, 2.05) is 23.1 Å². The Bertz CT molecular complexity index is 1490. The number of fused-ring (bicyclic) bond motifs is 2. The number of thiophene rings is 1. The molecule has 0 radical (unpaired) electrons. The normalized spacial score (nSPS) is 18.9. The fraction of sp³-hybridized carbons (Fsp3) is 0.250. The second-order valence-electron chi connectivity index (χ2n) is 10.0. The highest BCUT2D eigenvalue weighted by molar-refractivity contribution is 7.21. The van der Waals surface area contributed by atoms with Gasteiger partial charge in [0.1, 0.15) is 4.88 Å². The van der Waals surface area contributed by atoms with Gasteiger partial charge in [-0.15, -0.1) is 11.3 Å². The molecular formula is C28H25ClN2O3S. The van der Waals surface area contributed by atoms with Gasteiger partial charge in [-0.05, 0) is 50.5 Å². The highest BCUT2D eigenvalue weighted by atomic mass is 35.5. The summed E-state index contributed by atoms with van der Waals surface area (Å²) in [5.41, 5.74) is 3.54. The number of para-hydroxylation sites is 1. The molecular weight excluding hydrogens is 480 g/mol. The lowest BCUT2D eigenvalue weighted by molar-refractivity contribution is -0.384. The number of benzene rings is 3. The van der Waals surface area contributed by atoms with Crippen molar-refractivity contribution in [2.45, 2.75) is 45.1 Å². The molecule has 0 saturated carbocycles. The standard InChI is InChI=1S/C28H25ClN2O3S/c1-17-9-11-18(12-10-17)28(4)16-27(2,3)30(22-8-6-5-7-21(22)28)26(32)25-24(29)20-14-13-19(31(33)34)15-23(20)35-25/h5-15H,16H2,1-4H3/t28-/m1/s1. The number of hydrogen-bond donors (Lipinski definition) is 0. The first-order valence-electron chi connectivity index (χ1n) is 11.4. The molecule has 1 amide bonds. The highest BCUT2D eigenvalue weighted by Crippen LogP contribution is 2.51. The highest BCUT2D eigenvalue weighted by Gasteiger charge is 2.48. The Labute approximate surface area is 213 Å². The molecule has 0 spiro atoms. The summed E-state index contributed by atoms with van der Waals surface area (Å²) in [6.45, 7) is 8.49. The van der Waals surface area contributed by atoms with E-state index in [1.54, 1.807) is 6.07 Å². The molecule has 178 valence electrons. The zero-order chi connectivity index (χ0) is 25.1. The van der Waals surface area contributed by atoms with E-state index >= 15 is 0 Å². The zero-order valence-corrected chi connectivity index (χ0v) is 21.5.